The van der Waals surface area contributed by atoms with E-state index < -0.39 is 21.8 Å². The molecule has 1 aromatic heterocycles. The number of nitrogens with one attached hydrogen (secondary N) is 1. The first-order valence-corrected chi connectivity index (χ1v) is 13.5. The molecule has 1 atom stereocenters. The lowest BCUT2D eigenvalue weighted by atomic mass is 9.98. The van der Waals surface area contributed by atoms with E-state index in [2.05, 4.69) is 10.5 Å². The molecule has 37 heavy (non-hydrogen) atoms. The highest BCUT2D eigenvalue weighted by Gasteiger charge is 2.37. The van der Waals surface area contributed by atoms with Gasteiger partial charge in [-0.1, -0.05) is 29.4 Å². The van der Waals surface area contributed by atoms with Crippen LogP contribution in [0.5, 0.6) is 0 Å². The van der Waals surface area contributed by atoms with E-state index in [1.807, 2.05) is 44.1 Å². The molecular weight excluding hydrogens is 495 g/mol. The van der Waals surface area contributed by atoms with Crippen molar-refractivity contribution < 1.29 is 22.1 Å². The second kappa shape index (κ2) is 10.9. The number of hydrogen-bond donors (Lipinski definition) is 1. The number of amides is 1. The Morgan fingerprint density at radius 2 is 1.95 bits per heavy atom. The van der Waals surface area contributed by atoms with Crippen LogP contribution in [0.2, 0.25) is 0 Å². The monoisotopic (exact) mass is 526 g/mol. The van der Waals surface area contributed by atoms with Crippen molar-refractivity contribution in [1.29, 1.82) is 0 Å². The van der Waals surface area contributed by atoms with Crippen LogP contribution in [0.3, 0.4) is 0 Å². The lowest BCUT2D eigenvalue weighted by Gasteiger charge is -2.31. The van der Waals surface area contributed by atoms with Gasteiger partial charge in [-0.25, -0.2) is 12.8 Å². The lowest BCUT2D eigenvalue weighted by molar-refractivity contribution is -0.120. The molecule has 196 valence electrons. The molecule has 0 saturated carbocycles. The van der Waals surface area contributed by atoms with Gasteiger partial charge in [-0.2, -0.15) is 4.31 Å². The van der Waals surface area contributed by atoms with Crippen molar-refractivity contribution in [2.75, 3.05) is 37.4 Å². The highest BCUT2D eigenvalue weighted by molar-refractivity contribution is 7.89. The van der Waals surface area contributed by atoms with Gasteiger partial charge in [0.15, 0.2) is 10.7 Å². The summed E-state index contributed by atoms with van der Waals surface area (Å²) in [4.78, 5) is 15.0. The molecule has 1 amide bonds. The van der Waals surface area contributed by atoms with Gasteiger partial charge in [-0.3, -0.25) is 4.79 Å². The largest absolute Gasteiger partial charge is 0.377 e. The summed E-state index contributed by atoms with van der Waals surface area (Å²) in [6.45, 7) is 3.87. The third-order valence-corrected chi connectivity index (χ3v) is 8.49. The van der Waals surface area contributed by atoms with Gasteiger partial charge in [0.1, 0.15) is 11.5 Å². The van der Waals surface area contributed by atoms with Gasteiger partial charge in [0.05, 0.1) is 5.92 Å². The Morgan fingerprint density at radius 3 is 2.68 bits per heavy atom. The molecule has 2 heterocycles. The van der Waals surface area contributed by atoms with Crippen LogP contribution in [0.25, 0.3) is 12.2 Å². The fraction of sp³-hybridized carbons (Fsp3) is 0.333. The molecule has 0 spiro atoms. The first kappa shape index (κ1) is 26.6. The van der Waals surface area contributed by atoms with E-state index in [1.165, 1.54) is 22.5 Å². The molecular formula is C27H31FN4O4S. The Kier molecular flexibility index (Phi) is 7.79. The molecule has 1 aliphatic heterocycles. The Balaban J connectivity index is 1.53. The van der Waals surface area contributed by atoms with E-state index in [4.69, 9.17) is 4.52 Å². The molecule has 0 aliphatic carbocycles. The number of carbonyl (C=O) groups excluding carboxylic acids is 1. The van der Waals surface area contributed by atoms with Crippen LogP contribution in [-0.2, 0) is 14.8 Å². The number of halogens is 1. The number of carbonyl (C=O) groups is 1. The SMILES string of the molecule is Cc1ccc(NC(=O)[C@@H]2CCCN(S(=O)(=O)c3c(C)noc3/C=C/c3ccccc3F)C2)cc1N(C)C. The minimum absolute atomic E-state index is 0.0169. The normalized spacial score (nSPS) is 16.7. The van der Waals surface area contributed by atoms with Crippen molar-refractivity contribution in [3.8, 4) is 0 Å². The number of sulfonamides is 1. The van der Waals surface area contributed by atoms with Crippen LogP contribution in [0.15, 0.2) is 51.9 Å². The third kappa shape index (κ3) is 5.75. The minimum atomic E-state index is -4.01. The van der Waals surface area contributed by atoms with E-state index >= 15 is 0 Å². The Hall–Kier alpha value is -3.50. The van der Waals surface area contributed by atoms with Crippen LogP contribution < -0.4 is 10.2 Å². The van der Waals surface area contributed by atoms with Crippen LogP contribution in [0.4, 0.5) is 15.8 Å². The van der Waals surface area contributed by atoms with Gasteiger partial charge in [0, 0.05) is 44.1 Å². The van der Waals surface area contributed by atoms with E-state index in [1.54, 1.807) is 25.1 Å². The molecule has 4 rings (SSSR count). The Morgan fingerprint density at radius 1 is 1.19 bits per heavy atom. The summed E-state index contributed by atoms with van der Waals surface area (Å²) in [6, 6.07) is 11.8. The molecule has 3 aromatic rings. The zero-order chi connectivity index (χ0) is 26.7. The second-order valence-corrected chi connectivity index (χ2v) is 11.3. The van der Waals surface area contributed by atoms with Crippen molar-refractivity contribution in [2.45, 2.75) is 31.6 Å². The Labute approximate surface area is 216 Å². The van der Waals surface area contributed by atoms with Crippen LogP contribution >= 0.6 is 0 Å². The second-order valence-electron chi connectivity index (χ2n) is 9.40. The Bertz CT molecular complexity index is 1430. The molecule has 1 N–H and O–H groups in total. The number of rotatable bonds is 7. The highest BCUT2D eigenvalue weighted by Crippen LogP contribution is 2.30. The summed E-state index contributed by atoms with van der Waals surface area (Å²) in [5, 5.41) is 6.79. The number of aryl methyl sites for hydroxylation is 2. The van der Waals surface area contributed by atoms with Crippen molar-refractivity contribution in [3.63, 3.8) is 0 Å². The maximum atomic E-state index is 14.0. The van der Waals surface area contributed by atoms with Gasteiger partial charge in [-0.15, -0.1) is 0 Å². The molecule has 0 radical (unpaired) electrons. The number of benzene rings is 2. The van der Waals surface area contributed by atoms with E-state index in [0.29, 0.717) is 24.1 Å². The fourth-order valence-electron chi connectivity index (χ4n) is 4.49. The average Bonchev–Trinajstić information content (AvgIpc) is 3.25. The smallest absolute Gasteiger partial charge is 0.248 e. The number of anilines is 2. The maximum Gasteiger partial charge on any atom is 0.248 e. The molecule has 0 bridgehead atoms. The average molecular weight is 527 g/mol. The first-order chi connectivity index (χ1) is 17.6. The molecule has 1 saturated heterocycles. The van der Waals surface area contributed by atoms with E-state index in [-0.39, 0.29) is 35.3 Å². The van der Waals surface area contributed by atoms with Gasteiger partial charge in [-0.05, 0) is 62.6 Å². The first-order valence-electron chi connectivity index (χ1n) is 12.1. The summed E-state index contributed by atoms with van der Waals surface area (Å²) < 4.78 is 47.9. The number of hydrogen-bond acceptors (Lipinski definition) is 6. The van der Waals surface area contributed by atoms with Gasteiger partial charge >= 0.3 is 0 Å². The number of aromatic nitrogens is 1. The highest BCUT2D eigenvalue weighted by atomic mass is 32.2. The van der Waals surface area contributed by atoms with Gasteiger partial charge in [0.2, 0.25) is 15.9 Å². The van der Waals surface area contributed by atoms with Crippen LogP contribution in [0, 0.1) is 25.6 Å². The third-order valence-electron chi connectivity index (χ3n) is 6.46. The van der Waals surface area contributed by atoms with Crippen LogP contribution in [-0.4, -0.2) is 51.0 Å². The standard InChI is InChI=1S/C27H31FN4O4S/c1-18-11-13-22(16-24(18)31(3)4)29-27(33)21-9-7-15-32(17-21)37(34,35)26-19(2)30-36-25(26)14-12-20-8-5-6-10-23(20)28/h5-6,8,10-14,16,21H,7,9,15,17H2,1-4H3,(H,29,33)/b14-12+/t21-/m1/s1. The van der Waals surface area contributed by atoms with Crippen molar-refractivity contribution in [2.24, 2.45) is 5.92 Å². The topological polar surface area (TPSA) is 95.8 Å². The quantitative estimate of drug-likeness (QED) is 0.479. The zero-order valence-corrected chi connectivity index (χ0v) is 22.2. The molecule has 10 heteroatoms. The summed E-state index contributed by atoms with van der Waals surface area (Å²) in [6.07, 6.45) is 3.97. The van der Waals surface area contributed by atoms with Crippen LogP contribution in [0.1, 0.15) is 35.4 Å². The maximum absolute atomic E-state index is 14.0. The minimum Gasteiger partial charge on any atom is -0.377 e. The summed E-state index contributed by atoms with van der Waals surface area (Å²) >= 11 is 0. The molecule has 1 aliphatic rings. The fourth-order valence-corrected chi connectivity index (χ4v) is 6.27. The van der Waals surface area contributed by atoms with Crippen molar-refractivity contribution >= 4 is 39.5 Å². The zero-order valence-electron chi connectivity index (χ0n) is 21.4. The number of piperidine rings is 1. The van der Waals surface area contributed by atoms with E-state index in [9.17, 15) is 17.6 Å². The van der Waals surface area contributed by atoms with Crippen molar-refractivity contribution in [3.05, 3.63) is 70.9 Å². The lowest BCUT2D eigenvalue weighted by Crippen LogP contribution is -2.43. The predicted molar refractivity (Wildman–Crippen MR) is 142 cm³/mol. The van der Waals surface area contributed by atoms with E-state index in [0.717, 1.165) is 11.3 Å². The molecule has 8 nitrogen and oxygen atoms in total. The van der Waals surface area contributed by atoms with Gasteiger partial charge in [0.25, 0.3) is 0 Å². The van der Waals surface area contributed by atoms with Crippen molar-refractivity contribution in [1.82, 2.24) is 9.46 Å². The summed E-state index contributed by atoms with van der Waals surface area (Å²) in [5.41, 5.74) is 3.24. The number of nitrogens with zero attached hydrogens (tertiary/aromatic N) is 3. The van der Waals surface area contributed by atoms with Gasteiger partial charge < -0.3 is 14.7 Å². The predicted octanol–water partition coefficient (Wildman–Crippen LogP) is 4.71. The molecule has 2 aromatic carbocycles. The summed E-state index contributed by atoms with van der Waals surface area (Å²) in [7, 11) is -0.142. The summed E-state index contributed by atoms with van der Waals surface area (Å²) in [5.74, 6) is -1.15. The molecule has 1 fully saturated rings. The molecule has 0 unspecified atom stereocenters.